The van der Waals surface area contributed by atoms with Gasteiger partial charge in [-0.05, 0) is 43.3 Å². The number of morpholine rings is 1. The molecule has 0 aromatic heterocycles. The van der Waals surface area contributed by atoms with Crippen LogP contribution in [0.3, 0.4) is 0 Å². The second kappa shape index (κ2) is 7.86. The van der Waals surface area contributed by atoms with Crippen molar-refractivity contribution in [3.63, 3.8) is 0 Å². The molecule has 2 aromatic carbocycles. The summed E-state index contributed by atoms with van der Waals surface area (Å²) in [5.74, 6) is 0. The van der Waals surface area contributed by atoms with E-state index in [1.54, 1.807) is 12.1 Å². The summed E-state index contributed by atoms with van der Waals surface area (Å²) in [7, 11) is -3.53. The molecule has 138 valence electrons. The van der Waals surface area contributed by atoms with Crippen LogP contribution >= 0.6 is 0 Å². The van der Waals surface area contributed by atoms with Crippen molar-refractivity contribution in [3.8, 4) is 0 Å². The maximum absolute atomic E-state index is 12.6. The number of hydrogen-bond donors (Lipinski definition) is 2. The number of nitrogens with zero attached hydrogens (tertiary/aromatic N) is 1. The van der Waals surface area contributed by atoms with Crippen molar-refractivity contribution in [2.24, 2.45) is 0 Å². The Morgan fingerprint density at radius 2 is 1.42 bits per heavy atom. The van der Waals surface area contributed by atoms with Crippen LogP contribution in [0.15, 0.2) is 53.4 Å². The molecule has 0 atom stereocenters. The van der Waals surface area contributed by atoms with Gasteiger partial charge in [0.05, 0.1) is 18.1 Å². The van der Waals surface area contributed by atoms with Gasteiger partial charge in [0.15, 0.2) is 0 Å². The predicted molar refractivity (Wildman–Crippen MR) is 99.8 cm³/mol. The molecule has 0 radical (unpaired) electrons. The third-order valence-electron chi connectivity index (χ3n) is 4.03. The van der Waals surface area contributed by atoms with Crippen LogP contribution < -0.4 is 10.6 Å². The summed E-state index contributed by atoms with van der Waals surface area (Å²) in [4.78, 5) is 12.2. The van der Waals surface area contributed by atoms with E-state index in [0.717, 1.165) is 5.56 Å². The first-order valence-corrected chi connectivity index (χ1v) is 9.72. The van der Waals surface area contributed by atoms with Gasteiger partial charge in [-0.1, -0.05) is 17.7 Å². The number of aryl methyl sites for hydroxylation is 1. The van der Waals surface area contributed by atoms with Crippen molar-refractivity contribution < 1.29 is 17.9 Å². The van der Waals surface area contributed by atoms with Crippen LogP contribution in [0.5, 0.6) is 0 Å². The zero-order valence-electron chi connectivity index (χ0n) is 14.4. The third-order valence-corrected chi connectivity index (χ3v) is 5.94. The van der Waals surface area contributed by atoms with Gasteiger partial charge >= 0.3 is 6.03 Å². The molecule has 2 amide bonds. The van der Waals surface area contributed by atoms with Gasteiger partial charge in [0.25, 0.3) is 0 Å². The lowest BCUT2D eigenvalue weighted by Gasteiger charge is -2.26. The normalized spacial score (nSPS) is 15.4. The molecule has 1 fully saturated rings. The van der Waals surface area contributed by atoms with Crippen LogP contribution in [0.4, 0.5) is 16.2 Å². The van der Waals surface area contributed by atoms with E-state index in [-0.39, 0.29) is 4.90 Å². The molecule has 8 heteroatoms. The topological polar surface area (TPSA) is 87.7 Å². The Balaban J connectivity index is 1.63. The molecule has 3 rings (SSSR count). The number of carbonyl (C=O) groups excluding carboxylic acids is 1. The lowest BCUT2D eigenvalue weighted by Crippen LogP contribution is -2.40. The monoisotopic (exact) mass is 375 g/mol. The highest BCUT2D eigenvalue weighted by atomic mass is 32.2. The largest absolute Gasteiger partial charge is 0.379 e. The van der Waals surface area contributed by atoms with Crippen molar-refractivity contribution in [1.82, 2.24) is 4.31 Å². The Morgan fingerprint density at radius 1 is 0.923 bits per heavy atom. The first-order chi connectivity index (χ1) is 12.4. The van der Waals surface area contributed by atoms with E-state index in [1.165, 1.54) is 16.4 Å². The molecule has 0 unspecified atom stereocenters. The van der Waals surface area contributed by atoms with E-state index in [4.69, 9.17) is 4.74 Å². The van der Waals surface area contributed by atoms with Crippen molar-refractivity contribution in [1.29, 1.82) is 0 Å². The van der Waals surface area contributed by atoms with E-state index in [9.17, 15) is 13.2 Å². The van der Waals surface area contributed by atoms with Crippen molar-refractivity contribution in [3.05, 3.63) is 54.1 Å². The molecule has 1 aliphatic heterocycles. The molecule has 0 aliphatic carbocycles. The molecule has 26 heavy (non-hydrogen) atoms. The second-order valence-corrected chi connectivity index (χ2v) is 7.92. The molecular formula is C18H21N3O4S. The number of ether oxygens (including phenoxy) is 1. The lowest BCUT2D eigenvalue weighted by atomic mass is 10.2. The van der Waals surface area contributed by atoms with Gasteiger partial charge in [-0.3, -0.25) is 0 Å². The van der Waals surface area contributed by atoms with Crippen LogP contribution in [0.25, 0.3) is 0 Å². The fourth-order valence-corrected chi connectivity index (χ4v) is 3.98. The zero-order valence-corrected chi connectivity index (χ0v) is 15.3. The summed E-state index contributed by atoms with van der Waals surface area (Å²) in [5.41, 5.74) is 2.29. The van der Waals surface area contributed by atoms with Crippen LogP contribution in [0.1, 0.15) is 5.56 Å². The summed E-state index contributed by atoms with van der Waals surface area (Å²) in [6, 6.07) is 13.2. The van der Waals surface area contributed by atoms with Crippen LogP contribution in [-0.2, 0) is 14.8 Å². The first kappa shape index (κ1) is 18.4. The lowest BCUT2D eigenvalue weighted by molar-refractivity contribution is 0.0730. The number of nitrogens with one attached hydrogen (secondary N) is 2. The molecule has 2 aromatic rings. The van der Waals surface area contributed by atoms with E-state index in [2.05, 4.69) is 10.6 Å². The highest BCUT2D eigenvalue weighted by Gasteiger charge is 2.26. The molecule has 0 saturated carbocycles. The van der Waals surface area contributed by atoms with Crippen LogP contribution in [-0.4, -0.2) is 45.1 Å². The number of urea groups is 1. The number of rotatable bonds is 4. The Bertz CT molecular complexity index is 858. The van der Waals surface area contributed by atoms with Gasteiger partial charge in [-0.25, -0.2) is 13.2 Å². The summed E-state index contributed by atoms with van der Waals surface area (Å²) in [5, 5.41) is 5.41. The zero-order chi connectivity index (χ0) is 18.6. The summed E-state index contributed by atoms with van der Waals surface area (Å²) >= 11 is 0. The molecule has 0 spiro atoms. The number of sulfonamides is 1. The number of hydrogen-bond acceptors (Lipinski definition) is 4. The van der Waals surface area contributed by atoms with Crippen LogP contribution in [0.2, 0.25) is 0 Å². The average molecular weight is 375 g/mol. The molecule has 1 aliphatic rings. The van der Waals surface area contributed by atoms with Gasteiger partial charge in [0.1, 0.15) is 0 Å². The maximum Gasteiger partial charge on any atom is 0.323 e. The predicted octanol–water partition coefficient (Wildman–Crippen LogP) is 2.66. The maximum atomic E-state index is 12.6. The Hall–Kier alpha value is -2.42. The average Bonchev–Trinajstić information content (AvgIpc) is 2.65. The van der Waals surface area contributed by atoms with Gasteiger partial charge in [-0.2, -0.15) is 4.31 Å². The highest BCUT2D eigenvalue weighted by Crippen LogP contribution is 2.19. The molecule has 0 bridgehead atoms. The van der Waals surface area contributed by atoms with E-state index in [1.807, 2.05) is 31.2 Å². The first-order valence-electron chi connectivity index (χ1n) is 8.28. The Morgan fingerprint density at radius 3 is 1.96 bits per heavy atom. The number of amides is 2. The fraction of sp³-hybridized carbons (Fsp3) is 0.278. The van der Waals surface area contributed by atoms with Crippen molar-refractivity contribution >= 4 is 27.4 Å². The van der Waals surface area contributed by atoms with Crippen LogP contribution in [0, 0.1) is 6.92 Å². The second-order valence-electron chi connectivity index (χ2n) is 5.99. The van der Waals surface area contributed by atoms with E-state index < -0.39 is 16.1 Å². The van der Waals surface area contributed by atoms with E-state index >= 15 is 0 Å². The molecule has 2 N–H and O–H groups in total. The highest BCUT2D eigenvalue weighted by molar-refractivity contribution is 7.89. The Kier molecular flexibility index (Phi) is 5.55. The molecular weight excluding hydrogens is 354 g/mol. The smallest absolute Gasteiger partial charge is 0.323 e. The molecule has 7 nitrogen and oxygen atoms in total. The number of benzene rings is 2. The SMILES string of the molecule is Cc1ccc(NC(=O)Nc2ccc(S(=O)(=O)N3CCOCC3)cc2)cc1. The van der Waals surface area contributed by atoms with Crippen molar-refractivity contribution in [2.75, 3.05) is 36.9 Å². The summed E-state index contributed by atoms with van der Waals surface area (Å²) in [6.45, 7) is 3.47. The number of carbonyl (C=O) groups is 1. The Labute approximate surface area is 153 Å². The quantitative estimate of drug-likeness (QED) is 0.860. The summed E-state index contributed by atoms with van der Waals surface area (Å²) in [6.07, 6.45) is 0. The molecule has 1 heterocycles. The van der Waals surface area contributed by atoms with Crippen molar-refractivity contribution in [2.45, 2.75) is 11.8 Å². The van der Waals surface area contributed by atoms with E-state index in [0.29, 0.717) is 37.7 Å². The van der Waals surface area contributed by atoms with Gasteiger partial charge in [-0.15, -0.1) is 0 Å². The molecule has 1 saturated heterocycles. The van der Waals surface area contributed by atoms with Gasteiger partial charge in [0.2, 0.25) is 10.0 Å². The minimum absolute atomic E-state index is 0.198. The fourth-order valence-electron chi connectivity index (χ4n) is 2.58. The van der Waals surface area contributed by atoms with Gasteiger partial charge in [0, 0.05) is 24.5 Å². The van der Waals surface area contributed by atoms with Gasteiger partial charge < -0.3 is 15.4 Å². The summed E-state index contributed by atoms with van der Waals surface area (Å²) < 4.78 is 31.7. The number of anilines is 2. The minimum Gasteiger partial charge on any atom is -0.379 e. The standard InChI is InChI=1S/C18H21N3O4S/c1-14-2-4-15(5-3-14)19-18(22)20-16-6-8-17(9-7-16)26(23,24)21-10-12-25-13-11-21/h2-9H,10-13H2,1H3,(H2,19,20,22). The minimum atomic E-state index is -3.53. The third kappa shape index (κ3) is 4.40.